The molecule has 1 amide bonds. The minimum Gasteiger partial charge on any atom is -0.355 e. The lowest BCUT2D eigenvalue weighted by Crippen LogP contribution is -2.49. The Morgan fingerprint density at radius 3 is 2.62 bits per heavy atom. The predicted octanol–water partition coefficient (Wildman–Crippen LogP) is 1.70. The van der Waals surface area contributed by atoms with E-state index in [1.165, 1.54) is 0 Å². The van der Waals surface area contributed by atoms with Gasteiger partial charge in [-0.15, -0.1) is 0 Å². The van der Waals surface area contributed by atoms with Gasteiger partial charge in [0, 0.05) is 33.9 Å². The van der Waals surface area contributed by atoms with Crippen molar-refractivity contribution in [3.05, 3.63) is 29.6 Å². The van der Waals surface area contributed by atoms with Crippen LogP contribution in [0.5, 0.6) is 0 Å². The second-order valence-electron chi connectivity index (χ2n) is 6.73. The molecule has 0 atom stereocenters. The van der Waals surface area contributed by atoms with Gasteiger partial charge in [0.2, 0.25) is 5.91 Å². The van der Waals surface area contributed by atoms with E-state index >= 15 is 0 Å². The molecule has 0 radical (unpaired) electrons. The monoisotopic (exact) mass is 331 g/mol. The van der Waals surface area contributed by atoms with Gasteiger partial charge in [0.15, 0.2) is 5.96 Å². The van der Waals surface area contributed by atoms with Crippen molar-refractivity contribution in [2.24, 2.45) is 10.4 Å². The highest BCUT2D eigenvalue weighted by Crippen LogP contribution is 2.38. The van der Waals surface area contributed by atoms with E-state index in [9.17, 15) is 4.79 Å². The fourth-order valence-electron chi connectivity index (χ4n) is 3.34. The van der Waals surface area contributed by atoms with E-state index < -0.39 is 0 Å². The Hall–Kier alpha value is -2.11. The molecule has 24 heavy (non-hydrogen) atoms. The fraction of sp³-hybridized carbons (Fsp3) is 0.611. The van der Waals surface area contributed by atoms with E-state index in [0.29, 0.717) is 19.0 Å². The van der Waals surface area contributed by atoms with Gasteiger partial charge >= 0.3 is 0 Å². The summed E-state index contributed by atoms with van der Waals surface area (Å²) in [6.07, 6.45) is 5.89. The highest BCUT2D eigenvalue weighted by Gasteiger charge is 2.42. The van der Waals surface area contributed by atoms with Crippen molar-refractivity contribution in [3.8, 4) is 0 Å². The topological polar surface area (TPSA) is 69.6 Å². The zero-order chi connectivity index (χ0) is 17.6. The van der Waals surface area contributed by atoms with Gasteiger partial charge < -0.3 is 15.5 Å². The van der Waals surface area contributed by atoms with Crippen molar-refractivity contribution in [1.29, 1.82) is 0 Å². The third-order valence-corrected chi connectivity index (χ3v) is 4.78. The number of hydrogen-bond acceptors (Lipinski definition) is 3. The van der Waals surface area contributed by atoms with Gasteiger partial charge in [-0.1, -0.05) is 18.9 Å². The molecule has 1 aromatic rings. The second kappa shape index (κ2) is 8.13. The van der Waals surface area contributed by atoms with E-state index in [0.717, 1.165) is 36.9 Å². The molecule has 2 rings (SSSR count). The van der Waals surface area contributed by atoms with Crippen molar-refractivity contribution in [3.63, 3.8) is 0 Å². The number of aliphatic imine (C=N–C) groups is 1. The highest BCUT2D eigenvalue weighted by atomic mass is 16.2. The number of pyridine rings is 1. The predicted molar refractivity (Wildman–Crippen MR) is 96.8 cm³/mol. The number of aromatic nitrogens is 1. The quantitative estimate of drug-likeness (QED) is 0.636. The Balaban J connectivity index is 1.95. The normalized spacial score (nSPS) is 16.8. The maximum atomic E-state index is 12.6. The number of amides is 1. The third kappa shape index (κ3) is 4.24. The zero-order valence-corrected chi connectivity index (χ0v) is 15.2. The number of aryl methyl sites for hydroxylation is 1. The molecule has 0 spiro atoms. The average molecular weight is 331 g/mol. The summed E-state index contributed by atoms with van der Waals surface area (Å²) in [5.41, 5.74) is 1.85. The molecule has 0 saturated heterocycles. The maximum Gasteiger partial charge on any atom is 0.230 e. The summed E-state index contributed by atoms with van der Waals surface area (Å²) in [6.45, 7) is 3.27. The molecule has 1 heterocycles. The molecule has 1 aliphatic rings. The van der Waals surface area contributed by atoms with Crippen molar-refractivity contribution < 1.29 is 4.79 Å². The van der Waals surface area contributed by atoms with Crippen LogP contribution in [0.1, 0.15) is 36.9 Å². The lowest BCUT2D eigenvalue weighted by atomic mass is 9.84. The van der Waals surface area contributed by atoms with Gasteiger partial charge in [-0.05, 0) is 31.4 Å². The van der Waals surface area contributed by atoms with E-state index in [1.54, 1.807) is 18.1 Å². The Morgan fingerprint density at radius 2 is 2.04 bits per heavy atom. The lowest BCUT2D eigenvalue weighted by Gasteiger charge is -2.31. The van der Waals surface area contributed by atoms with Gasteiger partial charge in [0.1, 0.15) is 0 Å². The van der Waals surface area contributed by atoms with Gasteiger partial charge in [-0.25, -0.2) is 0 Å². The number of hydrogen-bond donors (Lipinski definition) is 2. The lowest BCUT2D eigenvalue weighted by molar-refractivity contribution is -0.138. The summed E-state index contributed by atoms with van der Waals surface area (Å²) in [5.74, 6) is 0.918. The molecule has 0 aromatic carbocycles. The molecular weight excluding hydrogens is 302 g/mol. The standard InChI is InChI=1S/C18H29N5O/c1-14-8-7-11-20-15(14)12-21-17(19-2)22-13-18(9-5-6-10-18)16(24)23(3)4/h7-8,11H,5-6,9-10,12-13H2,1-4H3,(H2,19,21,22). The second-order valence-corrected chi connectivity index (χ2v) is 6.73. The molecule has 1 saturated carbocycles. The average Bonchev–Trinajstić information content (AvgIpc) is 3.05. The first kappa shape index (κ1) is 18.2. The van der Waals surface area contributed by atoms with Crippen LogP contribution in [-0.4, -0.2) is 49.4 Å². The number of carbonyl (C=O) groups is 1. The first-order valence-corrected chi connectivity index (χ1v) is 8.55. The minimum absolute atomic E-state index is 0.212. The van der Waals surface area contributed by atoms with Crippen molar-refractivity contribution in [1.82, 2.24) is 20.5 Å². The van der Waals surface area contributed by atoms with Crippen LogP contribution in [0.15, 0.2) is 23.3 Å². The van der Waals surface area contributed by atoms with Crippen LogP contribution in [0, 0.1) is 12.3 Å². The van der Waals surface area contributed by atoms with Crippen LogP contribution < -0.4 is 10.6 Å². The molecule has 0 unspecified atom stereocenters. The maximum absolute atomic E-state index is 12.6. The number of rotatable bonds is 5. The van der Waals surface area contributed by atoms with Gasteiger partial charge in [-0.2, -0.15) is 0 Å². The summed E-state index contributed by atoms with van der Waals surface area (Å²) >= 11 is 0. The van der Waals surface area contributed by atoms with Crippen LogP contribution in [0.3, 0.4) is 0 Å². The van der Waals surface area contributed by atoms with E-state index in [-0.39, 0.29) is 11.3 Å². The molecule has 0 aliphatic heterocycles. The molecule has 1 fully saturated rings. The number of nitrogens with one attached hydrogen (secondary N) is 2. The Bertz CT molecular complexity index is 591. The van der Waals surface area contributed by atoms with E-state index in [1.807, 2.05) is 33.2 Å². The van der Waals surface area contributed by atoms with Gasteiger partial charge in [0.25, 0.3) is 0 Å². The number of nitrogens with zero attached hydrogens (tertiary/aromatic N) is 3. The Kier molecular flexibility index (Phi) is 6.17. The largest absolute Gasteiger partial charge is 0.355 e. The first-order chi connectivity index (χ1) is 11.5. The SMILES string of the molecule is CN=C(NCc1ncccc1C)NCC1(C(=O)N(C)C)CCCC1. The van der Waals surface area contributed by atoms with E-state index in [2.05, 4.69) is 20.6 Å². The molecule has 6 heteroatoms. The van der Waals surface area contributed by atoms with Crippen LogP contribution in [0.4, 0.5) is 0 Å². The molecule has 6 nitrogen and oxygen atoms in total. The summed E-state index contributed by atoms with van der Waals surface area (Å²) in [5, 5.41) is 6.63. The summed E-state index contributed by atoms with van der Waals surface area (Å²) < 4.78 is 0. The smallest absolute Gasteiger partial charge is 0.230 e. The molecule has 1 aromatic heterocycles. The first-order valence-electron chi connectivity index (χ1n) is 8.55. The molecule has 0 bridgehead atoms. The molecule has 1 aliphatic carbocycles. The molecular formula is C18H29N5O. The van der Waals surface area contributed by atoms with Crippen LogP contribution in [-0.2, 0) is 11.3 Å². The van der Waals surface area contributed by atoms with Gasteiger partial charge in [-0.3, -0.25) is 14.8 Å². The number of guanidine groups is 1. The van der Waals surface area contributed by atoms with Crippen LogP contribution in [0.25, 0.3) is 0 Å². The minimum atomic E-state index is -0.304. The highest BCUT2D eigenvalue weighted by molar-refractivity contribution is 5.85. The summed E-state index contributed by atoms with van der Waals surface area (Å²) in [6, 6.07) is 3.98. The summed E-state index contributed by atoms with van der Waals surface area (Å²) in [4.78, 5) is 23.0. The molecule has 132 valence electrons. The van der Waals surface area contributed by atoms with Crippen LogP contribution in [0.2, 0.25) is 0 Å². The van der Waals surface area contributed by atoms with Crippen molar-refractivity contribution >= 4 is 11.9 Å². The summed E-state index contributed by atoms with van der Waals surface area (Å²) in [7, 11) is 5.41. The van der Waals surface area contributed by atoms with Gasteiger partial charge in [0.05, 0.1) is 17.7 Å². The Morgan fingerprint density at radius 1 is 1.33 bits per heavy atom. The third-order valence-electron chi connectivity index (χ3n) is 4.78. The van der Waals surface area contributed by atoms with Crippen LogP contribution >= 0.6 is 0 Å². The van der Waals surface area contributed by atoms with Crippen molar-refractivity contribution in [2.75, 3.05) is 27.7 Å². The zero-order valence-electron chi connectivity index (χ0n) is 15.2. The molecule has 2 N–H and O–H groups in total. The Labute approximate surface area is 144 Å². The van der Waals surface area contributed by atoms with Crippen molar-refractivity contribution in [2.45, 2.75) is 39.2 Å². The fourth-order valence-corrected chi connectivity index (χ4v) is 3.34. The van der Waals surface area contributed by atoms with E-state index in [4.69, 9.17) is 0 Å². The number of carbonyl (C=O) groups excluding carboxylic acids is 1.